The SMILES string of the molecule is C1=Cc2oc3c(ccc4cc(-c5cc(-c6ccc7ccccc7c6)cc(N(c6cccc7ccccc67)c6cccc7ccccc67)c5)ccc43)c2CC1. The molecule has 2 nitrogen and oxygen atoms in total. The Balaban J connectivity index is 1.17. The van der Waals surface area contributed by atoms with Crippen molar-refractivity contribution in [2.75, 3.05) is 4.90 Å². The fraction of sp³-hybridized carbons (Fsp3) is 0.0385. The summed E-state index contributed by atoms with van der Waals surface area (Å²) in [6, 6.07) is 64.6. The van der Waals surface area contributed by atoms with Crippen LogP contribution in [0.15, 0.2) is 186 Å². The zero-order chi connectivity index (χ0) is 35.6. The van der Waals surface area contributed by atoms with Crippen LogP contribution in [0, 0.1) is 0 Å². The van der Waals surface area contributed by atoms with Crippen LogP contribution in [0.2, 0.25) is 0 Å². The van der Waals surface area contributed by atoms with Gasteiger partial charge in [-0.2, -0.15) is 0 Å². The fourth-order valence-electron chi connectivity index (χ4n) is 8.60. The molecule has 254 valence electrons. The third kappa shape index (κ3) is 5.03. The first-order chi connectivity index (χ1) is 26.7. The quantitative estimate of drug-likeness (QED) is 0.179. The molecule has 0 saturated carbocycles. The van der Waals surface area contributed by atoms with Crippen LogP contribution in [0.3, 0.4) is 0 Å². The minimum absolute atomic E-state index is 0.985. The van der Waals surface area contributed by atoms with E-state index in [0.29, 0.717) is 0 Å². The fourth-order valence-corrected chi connectivity index (χ4v) is 8.60. The van der Waals surface area contributed by atoms with Gasteiger partial charge in [0.2, 0.25) is 0 Å². The second-order valence-corrected chi connectivity index (χ2v) is 14.4. The predicted octanol–water partition coefficient (Wildman–Crippen LogP) is 14.8. The molecule has 0 aliphatic heterocycles. The number of furan rings is 1. The van der Waals surface area contributed by atoms with E-state index in [0.717, 1.165) is 57.8 Å². The van der Waals surface area contributed by atoms with Crippen molar-refractivity contribution < 1.29 is 4.42 Å². The number of aryl methyl sites for hydroxylation is 1. The predicted molar refractivity (Wildman–Crippen MR) is 229 cm³/mol. The van der Waals surface area contributed by atoms with Gasteiger partial charge in [0.15, 0.2) is 0 Å². The number of nitrogens with zero attached hydrogens (tertiary/aromatic N) is 1. The molecule has 2 heteroatoms. The van der Waals surface area contributed by atoms with Crippen molar-refractivity contribution in [3.8, 4) is 22.3 Å². The van der Waals surface area contributed by atoms with Crippen LogP contribution >= 0.6 is 0 Å². The summed E-state index contributed by atoms with van der Waals surface area (Å²) in [4.78, 5) is 2.46. The van der Waals surface area contributed by atoms with Crippen molar-refractivity contribution in [3.05, 3.63) is 193 Å². The van der Waals surface area contributed by atoms with Gasteiger partial charge in [-0.25, -0.2) is 0 Å². The zero-order valence-corrected chi connectivity index (χ0v) is 29.7. The van der Waals surface area contributed by atoms with Crippen LogP contribution in [-0.2, 0) is 6.42 Å². The smallest absolute Gasteiger partial charge is 0.142 e. The molecule has 0 amide bonds. The third-order valence-electron chi connectivity index (χ3n) is 11.2. The first-order valence-corrected chi connectivity index (χ1v) is 18.8. The molecule has 0 fully saturated rings. The number of allylic oxidation sites excluding steroid dienone is 1. The maximum Gasteiger partial charge on any atom is 0.142 e. The maximum absolute atomic E-state index is 6.49. The molecule has 0 spiro atoms. The molecule has 0 radical (unpaired) electrons. The molecule has 0 bridgehead atoms. The average Bonchev–Trinajstić information content (AvgIpc) is 3.63. The Kier molecular flexibility index (Phi) is 7.03. The standard InChI is InChI=1S/C52H35NO/c1-2-14-37-29-38(24-23-34(37)11-1)41-31-42(39-25-27-46-40(30-39)26-28-48-47-19-7-8-22-51(47)54-52(46)48)33-43(32-41)53(49-20-9-15-35-12-3-5-17-44(35)49)50-21-10-16-36-13-4-6-18-45(36)50/h1-6,8-18,20-33H,7,19H2. The summed E-state index contributed by atoms with van der Waals surface area (Å²) < 4.78 is 6.49. The Morgan fingerprint density at radius 2 is 0.981 bits per heavy atom. The van der Waals surface area contributed by atoms with E-state index >= 15 is 0 Å². The van der Waals surface area contributed by atoms with Crippen molar-refractivity contribution in [2.24, 2.45) is 0 Å². The number of benzene rings is 9. The first kappa shape index (κ1) is 30.7. The Morgan fingerprint density at radius 3 is 1.70 bits per heavy atom. The van der Waals surface area contributed by atoms with E-state index in [-0.39, 0.29) is 0 Å². The normalized spacial score (nSPS) is 12.6. The van der Waals surface area contributed by atoms with Crippen LogP contribution in [0.25, 0.3) is 82.4 Å². The van der Waals surface area contributed by atoms with Crippen molar-refractivity contribution in [3.63, 3.8) is 0 Å². The molecule has 0 unspecified atom stereocenters. The van der Waals surface area contributed by atoms with E-state index in [1.807, 2.05) is 0 Å². The lowest BCUT2D eigenvalue weighted by molar-refractivity contribution is 0.598. The summed E-state index contributed by atoms with van der Waals surface area (Å²) in [6.07, 6.45) is 6.43. The molecular weight excluding hydrogens is 655 g/mol. The molecular formula is C52H35NO. The highest BCUT2D eigenvalue weighted by Gasteiger charge is 2.21. The monoisotopic (exact) mass is 689 g/mol. The number of rotatable bonds is 5. The number of hydrogen-bond donors (Lipinski definition) is 0. The minimum atomic E-state index is 0.985. The molecule has 1 aliphatic carbocycles. The lowest BCUT2D eigenvalue weighted by Crippen LogP contribution is -2.11. The van der Waals surface area contributed by atoms with Crippen molar-refractivity contribution >= 4 is 77.2 Å². The van der Waals surface area contributed by atoms with Crippen molar-refractivity contribution in [2.45, 2.75) is 12.8 Å². The molecule has 54 heavy (non-hydrogen) atoms. The Bertz CT molecular complexity index is 3040. The molecule has 0 atom stereocenters. The lowest BCUT2D eigenvalue weighted by Gasteiger charge is -2.29. The molecule has 1 aromatic heterocycles. The number of anilines is 3. The van der Waals surface area contributed by atoms with E-state index in [4.69, 9.17) is 4.42 Å². The van der Waals surface area contributed by atoms with Gasteiger partial charge >= 0.3 is 0 Å². The van der Waals surface area contributed by atoms with Gasteiger partial charge in [-0.05, 0) is 117 Å². The largest absolute Gasteiger partial charge is 0.456 e. The maximum atomic E-state index is 6.49. The van der Waals surface area contributed by atoms with Crippen molar-refractivity contribution in [1.29, 1.82) is 0 Å². The van der Waals surface area contributed by atoms with Gasteiger partial charge in [0.1, 0.15) is 11.3 Å². The highest BCUT2D eigenvalue weighted by atomic mass is 16.3. The molecule has 11 rings (SSSR count). The van der Waals surface area contributed by atoms with Gasteiger partial charge < -0.3 is 9.32 Å². The van der Waals surface area contributed by atoms with Gasteiger partial charge in [-0.15, -0.1) is 0 Å². The molecule has 9 aromatic carbocycles. The molecule has 1 aliphatic rings. The second-order valence-electron chi connectivity index (χ2n) is 14.4. The van der Waals surface area contributed by atoms with Gasteiger partial charge in [0, 0.05) is 32.8 Å². The topological polar surface area (TPSA) is 16.4 Å². The van der Waals surface area contributed by atoms with E-state index in [2.05, 4.69) is 193 Å². The molecule has 10 aromatic rings. The Hall–Kier alpha value is -6.90. The lowest BCUT2D eigenvalue weighted by atomic mass is 9.93. The second kappa shape index (κ2) is 12.4. The van der Waals surface area contributed by atoms with Gasteiger partial charge in [-0.1, -0.05) is 133 Å². The van der Waals surface area contributed by atoms with E-state index in [9.17, 15) is 0 Å². The van der Waals surface area contributed by atoms with Crippen LogP contribution in [0.1, 0.15) is 17.7 Å². The molecule has 0 N–H and O–H groups in total. The summed E-state index contributed by atoms with van der Waals surface area (Å²) in [7, 11) is 0. The third-order valence-corrected chi connectivity index (χ3v) is 11.2. The van der Waals surface area contributed by atoms with Gasteiger partial charge in [0.25, 0.3) is 0 Å². The number of hydrogen-bond acceptors (Lipinski definition) is 2. The summed E-state index contributed by atoms with van der Waals surface area (Å²) in [5.74, 6) is 1.00. The Labute approximate surface area is 313 Å². The average molecular weight is 690 g/mol. The van der Waals surface area contributed by atoms with Crippen LogP contribution < -0.4 is 4.90 Å². The van der Waals surface area contributed by atoms with Gasteiger partial charge in [0.05, 0.1) is 11.4 Å². The Morgan fingerprint density at radius 1 is 0.407 bits per heavy atom. The highest BCUT2D eigenvalue weighted by Crippen LogP contribution is 2.45. The minimum Gasteiger partial charge on any atom is -0.456 e. The summed E-state index contributed by atoms with van der Waals surface area (Å²) in [6.45, 7) is 0. The summed E-state index contributed by atoms with van der Waals surface area (Å²) in [5, 5.41) is 10.9. The van der Waals surface area contributed by atoms with Crippen LogP contribution in [-0.4, -0.2) is 0 Å². The first-order valence-electron chi connectivity index (χ1n) is 18.8. The number of fused-ring (bicyclic) bond motifs is 8. The molecule has 0 saturated heterocycles. The van der Waals surface area contributed by atoms with Crippen molar-refractivity contribution in [1.82, 2.24) is 0 Å². The van der Waals surface area contributed by atoms with E-state index < -0.39 is 0 Å². The van der Waals surface area contributed by atoms with Gasteiger partial charge in [-0.3, -0.25) is 0 Å². The van der Waals surface area contributed by atoms with E-state index in [1.54, 1.807) is 0 Å². The molecule has 1 heterocycles. The van der Waals surface area contributed by atoms with Crippen LogP contribution in [0.5, 0.6) is 0 Å². The highest BCUT2D eigenvalue weighted by molar-refractivity contribution is 6.08. The van der Waals surface area contributed by atoms with E-state index in [1.165, 1.54) is 59.8 Å². The summed E-state index contributed by atoms with van der Waals surface area (Å²) >= 11 is 0. The van der Waals surface area contributed by atoms with Crippen LogP contribution in [0.4, 0.5) is 17.1 Å². The summed E-state index contributed by atoms with van der Waals surface area (Å²) in [5.41, 5.74) is 10.4. The zero-order valence-electron chi connectivity index (χ0n) is 29.7.